The topological polar surface area (TPSA) is 108 Å². The minimum Gasteiger partial charge on any atom is -0.756 e. The van der Waals surface area contributed by atoms with Crippen LogP contribution >= 0.6 is 7.82 Å². The molecule has 0 bridgehead atoms. The largest absolute Gasteiger partial charge is 0.756 e. The van der Waals surface area contributed by atoms with E-state index in [0.717, 1.165) is 77.0 Å². The molecule has 0 saturated carbocycles. The van der Waals surface area contributed by atoms with Crippen LogP contribution in [0.2, 0.25) is 0 Å². The fourth-order valence-electron chi connectivity index (χ4n) is 5.33. The number of hydrogen-bond donors (Lipinski definition) is 2. The molecule has 8 nitrogen and oxygen atoms in total. The normalized spacial score (nSPS) is 15.2. The van der Waals surface area contributed by atoms with Crippen molar-refractivity contribution < 1.29 is 32.9 Å². The molecule has 3 atom stereocenters. The van der Waals surface area contributed by atoms with Crippen LogP contribution in [-0.2, 0) is 18.4 Å². The third kappa shape index (κ3) is 38.0. The summed E-state index contributed by atoms with van der Waals surface area (Å²) >= 11 is 0. The highest BCUT2D eigenvalue weighted by molar-refractivity contribution is 7.45. The first kappa shape index (κ1) is 50.9. The van der Waals surface area contributed by atoms with E-state index in [1.807, 2.05) is 27.2 Å². The van der Waals surface area contributed by atoms with Crippen LogP contribution in [-0.4, -0.2) is 68.5 Å². The number of phosphoric acid groups is 1. The number of nitrogens with one attached hydrogen (secondary N) is 1. The lowest BCUT2D eigenvalue weighted by Crippen LogP contribution is -2.45. The van der Waals surface area contributed by atoms with Crippen molar-refractivity contribution in [1.29, 1.82) is 0 Å². The molecule has 0 radical (unpaired) electrons. The van der Waals surface area contributed by atoms with Gasteiger partial charge in [-0.15, -0.1) is 0 Å². The number of aliphatic hydroxyl groups excluding tert-OH is 1. The van der Waals surface area contributed by atoms with Crippen LogP contribution in [0.1, 0.15) is 149 Å². The number of nitrogens with zero attached hydrogens (tertiary/aromatic N) is 1. The molecule has 0 aliphatic rings. The highest BCUT2D eigenvalue weighted by atomic mass is 31.2. The Morgan fingerprint density at radius 2 is 1.17 bits per heavy atom. The number of amides is 1. The number of unbranched alkanes of at least 4 members (excludes halogenated alkanes) is 13. The van der Waals surface area contributed by atoms with Crippen LogP contribution in [0.25, 0.3) is 0 Å². The van der Waals surface area contributed by atoms with Crippen LogP contribution in [0, 0.1) is 0 Å². The second-order valence-electron chi connectivity index (χ2n) is 14.9. The van der Waals surface area contributed by atoms with Gasteiger partial charge in [-0.2, -0.15) is 0 Å². The van der Waals surface area contributed by atoms with Gasteiger partial charge in [0, 0.05) is 6.42 Å². The maximum Gasteiger partial charge on any atom is 0.268 e. The summed E-state index contributed by atoms with van der Waals surface area (Å²) in [4.78, 5) is 25.2. The van der Waals surface area contributed by atoms with Gasteiger partial charge in [-0.25, -0.2) is 0 Å². The number of carbonyl (C=O) groups is 1. The lowest BCUT2D eigenvalue weighted by atomic mass is 10.1. The van der Waals surface area contributed by atoms with Crippen molar-refractivity contribution >= 4 is 13.7 Å². The molecule has 9 heteroatoms. The average molecular weight is 763 g/mol. The van der Waals surface area contributed by atoms with Crippen LogP contribution in [0.4, 0.5) is 0 Å². The highest BCUT2D eigenvalue weighted by Gasteiger charge is 2.23. The van der Waals surface area contributed by atoms with Crippen molar-refractivity contribution in [2.24, 2.45) is 0 Å². The summed E-state index contributed by atoms with van der Waals surface area (Å²) in [5.41, 5.74) is 0. The van der Waals surface area contributed by atoms with Gasteiger partial charge in [0.1, 0.15) is 13.2 Å². The van der Waals surface area contributed by atoms with Gasteiger partial charge < -0.3 is 28.8 Å². The number of likely N-dealkylation sites (N-methyl/N-ethyl adjacent to an activating group) is 1. The van der Waals surface area contributed by atoms with Crippen molar-refractivity contribution in [2.45, 2.75) is 161 Å². The predicted molar refractivity (Wildman–Crippen MR) is 223 cm³/mol. The number of rotatable bonds is 36. The van der Waals surface area contributed by atoms with Gasteiger partial charge in [-0.1, -0.05) is 145 Å². The lowest BCUT2D eigenvalue weighted by molar-refractivity contribution is -0.870. The molecule has 3 unspecified atom stereocenters. The van der Waals surface area contributed by atoms with Crippen molar-refractivity contribution in [3.63, 3.8) is 0 Å². The Labute approximate surface area is 325 Å². The monoisotopic (exact) mass is 763 g/mol. The summed E-state index contributed by atoms with van der Waals surface area (Å²) in [6.45, 7) is 4.45. The molecule has 0 aliphatic carbocycles. The molecule has 0 rings (SSSR count). The minimum absolute atomic E-state index is 0.0153. The van der Waals surface area contributed by atoms with E-state index in [9.17, 15) is 19.4 Å². The number of quaternary nitrogens is 1. The van der Waals surface area contributed by atoms with Crippen molar-refractivity contribution in [3.05, 3.63) is 72.9 Å². The van der Waals surface area contributed by atoms with Crippen molar-refractivity contribution in [1.82, 2.24) is 5.32 Å². The Morgan fingerprint density at radius 1 is 0.679 bits per heavy atom. The van der Waals surface area contributed by atoms with Gasteiger partial charge in [-0.05, 0) is 70.6 Å². The Bertz CT molecular complexity index is 1090. The van der Waals surface area contributed by atoms with Crippen molar-refractivity contribution in [3.8, 4) is 0 Å². The molecule has 0 aromatic heterocycles. The van der Waals surface area contributed by atoms with Crippen LogP contribution in [0.15, 0.2) is 72.9 Å². The van der Waals surface area contributed by atoms with Gasteiger partial charge in [0.05, 0.1) is 39.9 Å². The summed E-state index contributed by atoms with van der Waals surface area (Å²) in [5, 5.41) is 13.7. The molecule has 2 N–H and O–H groups in total. The molecule has 53 heavy (non-hydrogen) atoms. The van der Waals surface area contributed by atoms with E-state index in [1.165, 1.54) is 51.4 Å². The Hall–Kier alpha value is -2.06. The van der Waals surface area contributed by atoms with Crippen molar-refractivity contribution in [2.75, 3.05) is 40.9 Å². The SMILES string of the molecule is CC/C=C\C/C=C\C/C=C\C/C=C\CCCCCCC(=O)NC(COP(=O)([O-])OCC[N+](C)(C)C)C(O)/C=C/CC/C=C/CCCCCCCCCC. The van der Waals surface area contributed by atoms with Gasteiger partial charge in [0.25, 0.3) is 7.82 Å². The smallest absolute Gasteiger partial charge is 0.268 e. The zero-order chi connectivity index (χ0) is 39.3. The molecular formula is C44H79N2O6P. The highest BCUT2D eigenvalue weighted by Crippen LogP contribution is 2.38. The first-order chi connectivity index (χ1) is 25.5. The maximum atomic E-state index is 12.8. The van der Waals surface area contributed by atoms with Gasteiger partial charge in [-0.3, -0.25) is 9.36 Å². The molecule has 306 valence electrons. The maximum absolute atomic E-state index is 12.8. The van der Waals surface area contributed by atoms with E-state index in [-0.39, 0.29) is 12.5 Å². The number of hydrogen-bond acceptors (Lipinski definition) is 6. The minimum atomic E-state index is -4.60. The van der Waals surface area contributed by atoms with Gasteiger partial charge in [0.15, 0.2) is 0 Å². The molecule has 0 aromatic carbocycles. The number of aliphatic hydroxyl groups is 1. The quantitative estimate of drug-likeness (QED) is 0.0285. The molecule has 0 spiro atoms. The summed E-state index contributed by atoms with van der Waals surface area (Å²) in [6, 6.07) is -0.918. The molecule has 0 aromatic rings. The second kappa shape index (κ2) is 35.6. The number of phosphoric ester groups is 1. The first-order valence-electron chi connectivity index (χ1n) is 20.8. The number of allylic oxidation sites excluding steroid dienone is 11. The fourth-order valence-corrected chi connectivity index (χ4v) is 6.06. The summed E-state index contributed by atoms with van der Waals surface area (Å²) in [5.74, 6) is -0.236. The third-order valence-electron chi connectivity index (χ3n) is 8.65. The first-order valence-corrected chi connectivity index (χ1v) is 22.3. The molecule has 0 fully saturated rings. The lowest BCUT2D eigenvalue weighted by Gasteiger charge is -2.29. The standard InChI is InChI=1S/C44H79N2O6P/c1-6-8-10-12-14-16-18-20-22-23-24-26-28-30-32-34-36-38-44(48)45-42(41-52-53(49,50)51-40-39-46(3,4)5)43(47)37-35-33-31-29-27-25-21-19-17-15-13-11-9-7-2/h8,10,14,16,20,22,24,26-27,29,35,37,42-43,47H,6-7,9,11-13,15,17-19,21,23,25,28,30-34,36,38-41H2,1-5H3,(H-,45,48,49,50)/b10-8-,16-14-,22-20-,26-24-,29-27+,37-35+. The van der Waals surface area contributed by atoms with Crippen LogP contribution in [0.5, 0.6) is 0 Å². The zero-order valence-corrected chi connectivity index (χ0v) is 35.3. The van der Waals surface area contributed by atoms with E-state index in [4.69, 9.17) is 9.05 Å². The Kier molecular flexibility index (Phi) is 34.2. The summed E-state index contributed by atoms with van der Waals surface area (Å²) in [7, 11) is 1.21. The number of carbonyl (C=O) groups excluding carboxylic acids is 1. The van der Waals surface area contributed by atoms with E-state index < -0.39 is 26.6 Å². The van der Waals surface area contributed by atoms with Gasteiger partial charge >= 0.3 is 0 Å². The van der Waals surface area contributed by atoms with E-state index in [2.05, 4.69) is 79.9 Å². The van der Waals surface area contributed by atoms with Crippen LogP contribution in [0.3, 0.4) is 0 Å². The molecular weight excluding hydrogens is 683 g/mol. The van der Waals surface area contributed by atoms with E-state index in [1.54, 1.807) is 6.08 Å². The summed E-state index contributed by atoms with van der Waals surface area (Å²) < 4.78 is 23.1. The third-order valence-corrected chi connectivity index (χ3v) is 9.61. The molecule has 1 amide bonds. The molecule has 0 aliphatic heterocycles. The van der Waals surface area contributed by atoms with Crippen LogP contribution < -0.4 is 10.2 Å². The molecule has 0 heterocycles. The Morgan fingerprint density at radius 3 is 1.75 bits per heavy atom. The Balaban J connectivity index is 4.59. The average Bonchev–Trinajstić information content (AvgIpc) is 3.10. The van der Waals surface area contributed by atoms with Gasteiger partial charge in [0.2, 0.25) is 5.91 Å². The second-order valence-corrected chi connectivity index (χ2v) is 16.4. The van der Waals surface area contributed by atoms with E-state index >= 15 is 0 Å². The summed E-state index contributed by atoms with van der Waals surface area (Å²) in [6.07, 6.45) is 46.6. The molecule has 0 saturated heterocycles. The predicted octanol–water partition coefficient (Wildman–Crippen LogP) is 10.6. The fraction of sp³-hybridized carbons (Fsp3) is 0.705. The van der Waals surface area contributed by atoms with E-state index in [0.29, 0.717) is 17.4 Å². The zero-order valence-electron chi connectivity index (χ0n) is 34.4.